The SMILES string of the molecule is CC1(C(=O)O)CCCN1C(=O)c1cc(O)[nH]c(=O)c1. The number of carbonyl (C=O) groups excluding carboxylic acids is 1. The minimum absolute atomic E-state index is 0.0179. The van der Waals surface area contributed by atoms with Gasteiger partial charge in [0.25, 0.3) is 11.5 Å². The van der Waals surface area contributed by atoms with Crippen LogP contribution in [0.15, 0.2) is 16.9 Å². The highest BCUT2D eigenvalue weighted by Crippen LogP contribution is 2.30. The summed E-state index contributed by atoms with van der Waals surface area (Å²) in [6.45, 7) is 1.79. The summed E-state index contributed by atoms with van der Waals surface area (Å²) in [4.78, 5) is 38.1. The number of amides is 1. The number of aromatic nitrogens is 1. The summed E-state index contributed by atoms with van der Waals surface area (Å²) in [5, 5.41) is 18.5. The molecule has 1 aliphatic rings. The fraction of sp³-hybridized carbons (Fsp3) is 0.417. The van der Waals surface area contributed by atoms with Crippen LogP contribution in [0, 0.1) is 0 Å². The molecule has 1 amide bonds. The van der Waals surface area contributed by atoms with Gasteiger partial charge >= 0.3 is 5.97 Å². The van der Waals surface area contributed by atoms with Crippen molar-refractivity contribution in [3.05, 3.63) is 28.0 Å². The van der Waals surface area contributed by atoms with Crippen LogP contribution < -0.4 is 5.56 Å². The minimum atomic E-state index is -1.27. The molecule has 1 unspecified atom stereocenters. The van der Waals surface area contributed by atoms with Crippen LogP contribution in [0.3, 0.4) is 0 Å². The summed E-state index contributed by atoms with van der Waals surface area (Å²) in [7, 11) is 0. The van der Waals surface area contributed by atoms with E-state index in [9.17, 15) is 24.6 Å². The van der Waals surface area contributed by atoms with Crippen LogP contribution in [0.25, 0.3) is 0 Å². The van der Waals surface area contributed by atoms with Gasteiger partial charge in [-0.05, 0) is 19.8 Å². The van der Waals surface area contributed by atoms with Gasteiger partial charge in [0.15, 0.2) is 5.88 Å². The Morgan fingerprint density at radius 3 is 2.68 bits per heavy atom. The Kier molecular flexibility index (Phi) is 3.05. The molecule has 1 aromatic rings. The molecule has 0 aromatic carbocycles. The van der Waals surface area contributed by atoms with E-state index in [2.05, 4.69) is 4.98 Å². The van der Waals surface area contributed by atoms with Crippen molar-refractivity contribution in [2.45, 2.75) is 25.3 Å². The topological polar surface area (TPSA) is 111 Å². The van der Waals surface area contributed by atoms with E-state index in [-0.39, 0.29) is 5.56 Å². The summed E-state index contributed by atoms with van der Waals surface area (Å²) in [5.41, 5.74) is -1.90. The Labute approximate surface area is 108 Å². The molecule has 102 valence electrons. The second-order valence-electron chi connectivity index (χ2n) is 4.76. The van der Waals surface area contributed by atoms with Gasteiger partial charge in [-0.3, -0.25) is 14.6 Å². The van der Waals surface area contributed by atoms with E-state index in [1.54, 1.807) is 0 Å². The lowest BCUT2D eigenvalue weighted by Gasteiger charge is -2.31. The Bertz CT molecular complexity index is 594. The first-order valence-corrected chi connectivity index (χ1v) is 5.83. The predicted molar refractivity (Wildman–Crippen MR) is 65.0 cm³/mol. The monoisotopic (exact) mass is 266 g/mol. The molecule has 2 heterocycles. The number of hydrogen-bond donors (Lipinski definition) is 3. The first kappa shape index (κ1) is 13.1. The van der Waals surface area contributed by atoms with E-state index in [1.807, 2.05) is 0 Å². The maximum atomic E-state index is 12.3. The van der Waals surface area contributed by atoms with Crippen molar-refractivity contribution < 1.29 is 19.8 Å². The van der Waals surface area contributed by atoms with Gasteiger partial charge in [-0.2, -0.15) is 0 Å². The second-order valence-corrected chi connectivity index (χ2v) is 4.76. The van der Waals surface area contributed by atoms with Crippen molar-refractivity contribution >= 4 is 11.9 Å². The van der Waals surface area contributed by atoms with Crippen LogP contribution >= 0.6 is 0 Å². The number of aromatic hydroxyl groups is 1. The Balaban J connectivity index is 2.39. The molecule has 3 N–H and O–H groups in total. The van der Waals surface area contributed by atoms with E-state index in [0.717, 1.165) is 12.1 Å². The molecule has 1 aromatic heterocycles. The van der Waals surface area contributed by atoms with Gasteiger partial charge in [0.1, 0.15) is 5.54 Å². The van der Waals surface area contributed by atoms with Crippen molar-refractivity contribution in [2.75, 3.05) is 6.54 Å². The van der Waals surface area contributed by atoms with Crippen LogP contribution in [-0.4, -0.2) is 44.1 Å². The summed E-state index contributed by atoms with van der Waals surface area (Å²) in [6.07, 6.45) is 0.951. The first-order chi connectivity index (χ1) is 8.84. The molecule has 1 fully saturated rings. The van der Waals surface area contributed by atoms with E-state index in [1.165, 1.54) is 11.8 Å². The molecule has 7 nitrogen and oxygen atoms in total. The largest absolute Gasteiger partial charge is 0.494 e. The number of H-pyrrole nitrogens is 1. The molecule has 1 saturated heterocycles. The fourth-order valence-corrected chi connectivity index (χ4v) is 2.32. The van der Waals surface area contributed by atoms with Gasteiger partial charge in [0, 0.05) is 18.7 Å². The van der Waals surface area contributed by atoms with Crippen molar-refractivity contribution in [3.63, 3.8) is 0 Å². The van der Waals surface area contributed by atoms with Crippen LogP contribution in [0.1, 0.15) is 30.1 Å². The van der Waals surface area contributed by atoms with Gasteiger partial charge in [-0.1, -0.05) is 0 Å². The number of rotatable bonds is 2. The number of hydrogen-bond acceptors (Lipinski definition) is 4. The summed E-state index contributed by atoms with van der Waals surface area (Å²) < 4.78 is 0. The lowest BCUT2D eigenvalue weighted by Crippen LogP contribution is -2.50. The number of carbonyl (C=O) groups is 2. The third kappa shape index (κ3) is 2.18. The number of nitrogens with zero attached hydrogens (tertiary/aromatic N) is 1. The van der Waals surface area contributed by atoms with Crippen LogP contribution in [-0.2, 0) is 4.79 Å². The van der Waals surface area contributed by atoms with Gasteiger partial charge in [-0.15, -0.1) is 0 Å². The molecule has 0 saturated carbocycles. The molecular formula is C12H14N2O5. The van der Waals surface area contributed by atoms with E-state index < -0.39 is 28.9 Å². The summed E-state index contributed by atoms with van der Waals surface area (Å²) in [6, 6.07) is 2.16. The molecule has 0 spiro atoms. The quantitative estimate of drug-likeness (QED) is 0.706. The number of carboxylic acid groups (broad SMARTS) is 1. The molecule has 0 aliphatic carbocycles. The first-order valence-electron chi connectivity index (χ1n) is 5.83. The van der Waals surface area contributed by atoms with Gasteiger partial charge < -0.3 is 15.1 Å². The molecule has 7 heteroatoms. The number of nitrogens with one attached hydrogen (secondary N) is 1. The molecule has 0 radical (unpaired) electrons. The molecule has 1 aliphatic heterocycles. The number of aromatic amines is 1. The zero-order valence-electron chi connectivity index (χ0n) is 10.3. The normalized spacial score (nSPS) is 22.5. The number of aliphatic carboxylic acids is 1. The summed E-state index contributed by atoms with van der Waals surface area (Å²) >= 11 is 0. The molecular weight excluding hydrogens is 252 g/mol. The predicted octanol–water partition coefficient (Wildman–Crippen LogP) is 0.160. The average molecular weight is 266 g/mol. The third-order valence-electron chi connectivity index (χ3n) is 3.42. The zero-order chi connectivity index (χ0) is 14.2. The maximum absolute atomic E-state index is 12.3. The third-order valence-corrected chi connectivity index (χ3v) is 3.42. The number of likely N-dealkylation sites (tertiary alicyclic amines) is 1. The van der Waals surface area contributed by atoms with Crippen LogP contribution in [0.2, 0.25) is 0 Å². The molecule has 1 atom stereocenters. The van der Waals surface area contributed by atoms with Crippen molar-refractivity contribution in [1.82, 2.24) is 9.88 Å². The maximum Gasteiger partial charge on any atom is 0.329 e. The average Bonchev–Trinajstić information content (AvgIpc) is 2.70. The standard InChI is InChI=1S/C12H14N2O5/c1-12(11(18)19)3-2-4-14(12)10(17)7-5-8(15)13-9(16)6-7/h5-6H,2-4H2,1H3,(H,18,19)(H2,13,15,16). The highest BCUT2D eigenvalue weighted by molar-refractivity contribution is 5.98. The molecule has 19 heavy (non-hydrogen) atoms. The zero-order valence-corrected chi connectivity index (χ0v) is 10.3. The van der Waals surface area contributed by atoms with Gasteiger partial charge in [-0.25, -0.2) is 4.79 Å². The van der Waals surface area contributed by atoms with Crippen LogP contribution in [0.4, 0.5) is 0 Å². The van der Waals surface area contributed by atoms with Crippen LogP contribution in [0.5, 0.6) is 5.88 Å². The van der Waals surface area contributed by atoms with E-state index in [4.69, 9.17) is 0 Å². The van der Waals surface area contributed by atoms with E-state index >= 15 is 0 Å². The number of pyridine rings is 1. The smallest absolute Gasteiger partial charge is 0.329 e. The highest BCUT2D eigenvalue weighted by atomic mass is 16.4. The second kappa shape index (κ2) is 4.42. The highest BCUT2D eigenvalue weighted by Gasteiger charge is 2.46. The van der Waals surface area contributed by atoms with Crippen molar-refractivity contribution in [2.24, 2.45) is 0 Å². The molecule has 2 rings (SSSR count). The Morgan fingerprint density at radius 2 is 2.11 bits per heavy atom. The van der Waals surface area contributed by atoms with Gasteiger partial charge in [0.2, 0.25) is 0 Å². The molecule has 0 bridgehead atoms. The number of carboxylic acids is 1. The van der Waals surface area contributed by atoms with Crippen molar-refractivity contribution in [1.29, 1.82) is 0 Å². The Hall–Kier alpha value is -2.31. The van der Waals surface area contributed by atoms with Crippen molar-refractivity contribution in [3.8, 4) is 5.88 Å². The minimum Gasteiger partial charge on any atom is -0.494 e. The van der Waals surface area contributed by atoms with E-state index in [0.29, 0.717) is 19.4 Å². The van der Waals surface area contributed by atoms with Gasteiger partial charge in [0.05, 0.1) is 5.56 Å². The Morgan fingerprint density at radius 1 is 1.42 bits per heavy atom. The lowest BCUT2D eigenvalue weighted by atomic mass is 9.98. The fourth-order valence-electron chi connectivity index (χ4n) is 2.32. The lowest BCUT2D eigenvalue weighted by molar-refractivity contribution is -0.147. The summed E-state index contributed by atoms with van der Waals surface area (Å²) in [5.74, 6) is -2.07.